The summed E-state index contributed by atoms with van der Waals surface area (Å²) < 4.78 is 24.5. The van der Waals surface area contributed by atoms with Gasteiger partial charge in [-0.05, 0) is 51.9 Å². The summed E-state index contributed by atoms with van der Waals surface area (Å²) in [7, 11) is 3.34. The highest BCUT2D eigenvalue weighted by molar-refractivity contribution is 5.73. The van der Waals surface area contributed by atoms with Gasteiger partial charge in [0.05, 0.1) is 33.0 Å². The Morgan fingerprint density at radius 3 is 2.06 bits per heavy atom. The Kier molecular flexibility index (Phi) is 10.9. The monoisotopic (exact) mass is 651 g/mol. The number of carbonyl (C=O) groups is 1. The summed E-state index contributed by atoms with van der Waals surface area (Å²) in [6.45, 7) is 5.52. The lowest BCUT2D eigenvalue weighted by Crippen LogP contribution is -2.45. The van der Waals surface area contributed by atoms with Crippen molar-refractivity contribution in [1.82, 2.24) is 15.5 Å². The summed E-state index contributed by atoms with van der Waals surface area (Å²) in [5.74, 6) is 1.58. The van der Waals surface area contributed by atoms with Crippen molar-refractivity contribution in [2.45, 2.75) is 58.1 Å². The topological polar surface area (TPSA) is 102 Å². The van der Waals surface area contributed by atoms with Crippen molar-refractivity contribution in [3.05, 3.63) is 130 Å². The fourth-order valence-electron chi connectivity index (χ4n) is 6.50. The zero-order valence-electron chi connectivity index (χ0n) is 27.9. The molecule has 4 aromatic carbocycles. The molecule has 0 radical (unpaired) electrons. The zero-order chi connectivity index (χ0) is 33.5. The van der Waals surface area contributed by atoms with Gasteiger partial charge in [0.1, 0.15) is 0 Å². The molecule has 4 aromatic rings. The van der Waals surface area contributed by atoms with Gasteiger partial charge in [-0.1, -0.05) is 85.8 Å². The molecule has 4 unspecified atom stereocenters. The van der Waals surface area contributed by atoms with Crippen LogP contribution in [0.1, 0.15) is 58.3 Å². The number of hydrogen-bond donors (Lipinski definition) is 3. The van der Waals surface area contributed by atoms with Crippen molar-refractivity contribution in [1.29, 1.82) is 0 Å². The van der Waals surface area contributed by atoms with Crippen LogP contribution >= 0.6 is 0 Å². The predicted molar refractivity (Wildman–Crippen MR) is 183 cm³/mol. The first-order chi connectivity index (χ1) is 23.4. The van der Waals surface area contributed by atoms with Crippen LogP contribution < -0.4 is 20.1 Å². The number of carbonyl (C=O) groups excluding carboxylic acids is 1. The average molecular weight is 652 g/mol. The molecular formula is C39H45N3O6. The predicted octanol–water partition coefficient (Wildman–Crippen LogP) is 6.05. The van der Waals surface area contributed by atoms with E-state index in [1.807, 2.05) is 78.9 Å². The fourth-order valence-corrected chi connectivity index (χ4v) is 6.50. The number of ether oxygens (including phenoxy) is 4. The molecule has 3 N–H and O–H groups in total. The quantitative estimate of drug-likeness (QED) is 0.182. The van der Waals surface area contributed by atoms with E-state index in [0.29, 0.717) is 13.1 Å². The van der Waals surface area contributed by atoms with Crippen LogP contribution in [0.4, 0.5) is 4.79 Å². The Balaban J connectivity index is 1.14. The second-order valence-corrected chi connectivity index (χ2v) is 12.5. The molecule has 9 nitrogen and oxygen atoms in total. The Hall–Kier alpha value is -4.41. The van der Waals surface area contributed by atoms with Crippen LogP contribution in [-0.2, 0) is 42.1 Å². The van der Waals surface area contributed by atoms with Gasteiger partial charge in [0.25, 0.3) is 0 Å². The van der Waals surface area contributed by atoms with Crippen molar-refractivity contribution in [3.8, 4) is 11.5 Å². The first-order valence-corrected chi connectivity index (χ1v) is 16.5. The first-order valence-electron chi connectivity index (χ1n) is 16.5. The number of nitrogens with one attached hydrogen (secondary N) is 2. The van der Waals surface area contributed by atoms with Crippen molar-refractivity contribution < 1.29 is 28.8 Å². The minimum absolute atomic E-state index is 0.00129. The van der Waals surface area contributed by atoms with Gasteiger partial charge in [-0.2, -0.15) is 0 Å². The van der Waals surface area contributed by atoms with Gasteiger partial charge in [0.2, 0.25) is 0 Å². The van der Waals surface area contributed by atoms with E-state index in [0.717, 1.165) is 65.4 Å². The molecule has 1 saturated heterocycles. The second-order valence-electron chi connectivity index (χ2n) is 12.5. The van der Waals surface area contributed by atoms with Crippen molar-refractivity contribution >= 4 is 6.03 Å². The van der Waals surface area contributed by atoms with Gasteiger partial charge in [0.15, 0.2) is 17.8 Å². The van der Waals surface area contributed by atoms with Crippen LogP contribution in [0.15, 0.2) is 91.0 Å². The largest absolute Gasteiger partial charge is 0.493 e. The van der Waals surface area contributed by atoms with Crippen molar-refractivity contribution in [2.24, 2.45) is 5.92 Å². The third-order valence-corrected chi connectivity index (χ3v) is 9.36. The molecule has 48 heavy (non-hydrogen) atoms. The van der Waals surface area contributed by atoms with E-state index in [-0.39, 0.29) is 30.8 Å². The molecule has 0 saturated carbocycles. The van der Waals surface area contributed by atoms with Crippen LogP contribution in [0.3, 0.4) is 0 Å². The molecule has 2 heterocycles. The van der Waals surface area contributed by atoms with E-state index >= 15 is 0 Å². The SMILES string of the molecule is COc1cc2c(cc1OC)CN(CC1OC(c3ccc(CNC(=O)NCc4ccccc4)cc3)OC(c3ccc(CO)cc3)C1C)CC2. The van der Waals surface area contributed by atoms with Gasteiger partial charge in [-0.15, -0.1) is 0 Å². The van der Waals surface area contributed by atoms with Crippen LogP contribution in [-0.4, -0.2) is 49.5 Å². The molecule has 1 fully saturated rings. The Labute approximate surface area is 282 Å². The number of fused-ring (bicyclic) bond motifs is 1. The molecule has 9 heteroatoms. The molecule has 2 amide bonds. The Morgan fingerprint density at radius 2 is 1.42 bits per heavy atom. The number of urea groups is 1. The molecule has 4 atom stereocenters. The highest BCUT2D eigenvalue weighted by Gasteiger charge is 2.39. The maximum atomic E-state index is 12.4. The molecular weight excluding hydrogens is 606 g/mol. The Morgan fingerprint density at radius 1 is 0.812 bits per heavy atom. The minimum Gasteiger partial charge on any atom is -0.493 e. The standard InChI is InChI=1S/C39H45N3O6/c1-26-36(24-42-18-17-32-19-34(45-2)35(46-3)20-33(32)23-42)47-38(48-37(26)30-13-11-29(25-43)12-14-30)31-15-9-28(10-16-31)22-41-39(44)40-21-27-7-5-4-6-8-27/h4-16,19-20,26,36-38,43H,17-18,21-25H2,1-3H3,(H2,40,41,44). The molecule has 2 aliphatic heterocycles. The van der Waals surface area contributed by atoms with Gasteiger partial charge < -0.3 is 34.7 Å². The highest BCUT2D eigenvalue weighted by Crippen LogP contribution is 2.42. The lowest BCUT2D eigenvalue weighted by Gasteiger charge is -2.43. The van der Waals surface area contributed by atoms with Crippen molar-refractivity contribution in [3.63, 3.8) is 0 Å². The second kappa shape index (κ2) is 15.7. The van der Waals surface area contributed by atoms with Crippen LogP contribution in [0, 0.1) is 5.92 Å². The molecule has 0 aromatic heterocycles. The molecule has 0 spiro atoms. The maximum absolute atomic E-state index is 12.4. The van der Waals surface area contributed by atoms with Crippen LogP contribution in [0.5, 0.6) is 11.5 Å². The summed E-state index contributed by atoms with van der Waals surface area (Å²) in [4.78, 5) is 14.8. The third kappa shape index (κ3) is 7.99. The van der Waals surface area contributed by atoms with Crippen molar-refractivity contribution in [2.75, 3.05) is 27.3 Å². The molecule has 0 bridgehead atoms. The molecule has 0 aliphatic carbocycles. The van der Waals surface area contributed by atoms with E-state index in [4.69, 9.17) is 18.9 Å². The van der Waals surface area contributed by atoms with Gasteiger partial charge >= 0.3 is 6.03 Å². The number of hydrogen-bond acceptors (Lipinski definition) is 7. The highest BCUT2D eigenvalue weighted by atomic mass is 16.7. The smallest absolute Gasteiger partial charge is 0.315 e. The molecule has 6 rings (SSSR count). The van der Waals surface area contributed by atoms with E-state index in [9.17, 15) is 9.90 Å². The first kappa shape index (κ1) is 33.5. The fraction of sp³-hybridized carbons (Fsp3) is 0.359. The van der Waals surface area contributed by atoms with Gasteiger partial charge in [0, 0.05) is 44.2 Å². The normalized spacial score (nSPS) is 20.8. The van der Waals surface area contributed by atoms with Crippen LogP contribution in [0.25, 0.3) is 0 Å². The summed E-state index contributed by atoms with van der Waals surface area (Å²) in [6.07, 6.45) is 0.0641. The van der Waals surface area contributed by atoms with E-state index < -0.39 is 6.29 Å². The third-order valence-electron chi connectivity index (χ3n) is 9.36. The number of aliphatic hydroxyl groups excluding tert-OH is 1. The maximum Gasteiger partial charge on any atom is 0.315 e. The van der Waals surface area contributed by atoms with Gasteiger partial charge in [-0.25, -0.2) is 4.79 Å². The molecule has 2 aliphatic rings. The van der Waals surface area contributed by atoms with Gasteiger partial charge in [-0.3, -0.25) is 4.90 Å². The lowest BCUT2D eigenvalue weighted by atomic mass is 9.89. The summed E-state index contributed by atoms with van der Waals surface area (Å²) in [5.41, 5.74) is 7.39. The summed E-state index contributed by atoms with van der Waals surface area (Å²) in [5, 5.41) is 15.4. The lowest BCUT2D eigenvalue weighted by molar-refractivity contribution is -0.276. The Bertz CT molecular complexity index is 1650. The summed E-state index contributed by atoms with van der Waals surface area (Å²) >= 11 is 0. The van der Waals surface area contributed by atoms with Crippen LogP contribution in [0.2, 0.25) is 0 Å². The summed E-state index contributed by atoms with van der Waals surface area (Å²) in [6, 6.07) is 29.8. The number of amides is 2. The molecule has 252 valence electrons. The minimum atomic E-state index is -0.564. The zero-order valence-corrected chi connectivity index (χ0v) is 27.9. The van der Waals surface area contributed by atoms with E-state index in [2.05, 4.69) is 34.6 Å². The number of rotatable bonds is 11. The number of benzene rings is 4. The number of methoxy groups -OCH3 is 2. The average Bonchev–Trinajstić information content (AvgIpc) is 3.14. The van der Waals surface area contributed by atoms with E-state index in [1.54, 1.807) is 14.2 Å². The number of aliphatic hydroxyl groups is 1. The number of nitrogens with zero attached hydrogens (tertiary/aromatic N) is 1. The van der Waals surface area contributed by atoms with E-state index in [1.165, 1.54) is 11.1 Å².